The Labute approximate surface area is 173 Å². The Morgan fingerprint density at radius 1 is 1.00 bits per heavy atom. The SMILES string of the molecule is CCOC(=O)c1ccc(NC(=O)C[C@H]2Nc3cccc4cccc(c34)NC2=O)cc1. The Hall–Kier alpha value is -3.87. The minimum atomic E-state index is -0.721. The summed E-state index contributed by atoms with van der Waals surface area (Å²) in [6, 6.07) is 17.2. The van der Waals surface area contributed by atoms with Crippen LogP contribution in [-0.2, 0) is 14.3 Å². The first kappa shape index (κ1) is 19.4. The number of benzene rings is 3. The molecule has 0 aromatic heterocycles. The molecular weight excluding hydrogens is 382 g/mol. The van der Waals surface area contributed by atoms with Crippen LogP contribution in [-0.4, -0.2) is 30.4 Å². The Bertz CT molecular complexity index is 1120. The number of amides is 2. The first-order valence-electron chi connectivity index (χ1n) is 9.71. The van der Waals surface area contributed by atoms with Crippen molar-refractivity contribution in [3.05, 3.63) is 66.2 Å². The molecule has 1 aliphatic rings. The Balaban J connectivity index is 1.46. The Morgan fingerprint density at radius 2 is 1.70 bits per heavy atom. The van der Waals surface area contributed by atoms with E-state index in [0.717, 1.165) is 22.1 Å². The third-order valence-corrected chi connectivity index (χ3v) is 4.88. The van der Waals surface area contributed by atoms with Crippen LogP contribution in [0.15, 0.2) is 60.7 Å². The monoisotopic (exact) mass is 403 g/mol. The van der Waals surface area contributed by atoms with Crippen LogP contribution in [0, 0.1) is 0 Å². The molecular formula is C23H21N3O4. The molecule has 1 aliphatic heterocycles. The Morgan fingerprint density at radius 3 is 2.40 bits per heavy atom. The van der Waals surface area contributed by atoms with Gasteiger partial charge >= 0.3 is 5.97 Å². The molecule has 1 atom stereocenters. The van der Waals surface area contributed by atoms with Gasteiger partial charge in [-0.15, -0.1) is 0 Å². The van der Waals surface area contributed by atoms with Crippen molar-refractivity contribution in [1.29, 1.82) is 0 Å². The number of anilines is 3. The molecule has 152 valence electrons. The zero-order valence-electron chi connectivity index (χ0n) is 16.4. The highest BCUT2D eigenvalue weighted by Crippen LogP contribution is 2.33. The second-order valence-corrected chi connectivity index (χ2v) is 6.95. The summed E-state index contributed by atoms with van der Waals surface area (Å²) in [5, 5.41) is 10.8. The summed E-state index contributed by atoms with van der Waals surface area (Å²) in [5.41, 5.74) is 2.47. The third kappa shape index (κ3) is 3.96. The van der Waals surface area contributed by atoms with Gasteiger partial charge in [0.15, 0.2) is 0 Å². The van der Waals surface area contributed by atoms with E-state index in [2.05, 4.69) is 16.0 Å². The molecule has 0 bridgehead atoms. The standard InChI is InChI=1S/C23H21N3O4/c1-2-30-23(29)15-9-11-16(12-10-15)24-20(27)13-19-22(28)26-18-8-4-6-14-5-3-7-17(25-19)21(14)18/h3-12,19,25H,2,13H2,1H3,(H,24,27)(H,26,28)/t19-/m1/s1. The van der Waals surface area contributed by atoms with Crippen LogP contribution < -0.4 is 16.0 Å². The predicted octanol–water partition coefficient (Wildman–Crippen LogP) is 3.78. The summed E-state index contributed by atoms with van der Waals surface area (Å²) < 4.78 is 4.94. The number of nitrogens with one attached hydrogen (secondary N) is 3. The first-order chi connectivity index (χ1) is 14.5. The van der Waals surface area contributed by atoms with Crippen molar-refractivity contribution in [2.75, 3.05) is 22.6 Å². The lowest BCUT2D eigenvalue weighted by molar-refractivity contribution is -0.121. The number of rotatable bonds is 5. The number of esters is 1. The van der Waals surface area contributed by atoms with Gasteiger partial charge in [-0.05, 0) is 48.7 Å². The fourth-order valence-corrected chi connectivity index (χ4v) is 3.48. The quantitative estimate of drug-likeness (QED) is 0.564. The number of hydrogen-bond donors (Lipinski definition) is 3. The molecule has 0 fully saturated rings. The summed E-state index contributed by atoms with van der Waals surface area (Å²) in [5.74, 6) is -1.00. The van der Waals surface area contributed by atoms with E-state index in [1.165, 1.54) is 0 Å². The van der Waals surface area contributed by atoms with Crippen molar-refractivity contribution in [1.82, 2.24) is 0 Å². The van der Waals surface area contributed by atoms with Gasteiger partial charge in [0.05, 0.1) is 24.3 Å². The predicted molar refractivity (Wildman–Crippen MR) is 116 cm³/mol. The number of carbonyl (C=O) groups excluding carboxylic acids is 3. The minimum absolute atomic E-state index is 0.0458. The molecule has 30 heavy (non-hydrogen) atoms. The molecule has 1 heterocycles. The zero-order valence-corrected chi connectivity index (χ0v) is 16.4. The summed E-state index contributed by atoms with van der Waals surface area (Å²) in [4.78, 5) is 37.0. The van der Waals surface area contributed by atoms with Gasteiger partial charge in [-0.25, -0.2) is 4.79 Å². The molecule has 3 N–H and O–H groups in total. The molecule has 7 nitrogen and oxygen atoms in total. The van der Waals surface area contributed by atoms with Gasteiger partial charge in [-0.1, -0.05) is 24.3 Å². The topological polar surface area (TPSA) is 96.5 Å². The number of carbonyl (C=O) groups is 3. The second-order valence-electron chi connectivity index (χ2n) is 6.95. The van der Waals surface area contributed by atoms with Crippen molar-refractivity contribution >= 4 is 45.6 Å². The highest BCUT2D eigenvalue weighted by atomic mass is 16.5. The van der Waals surface area contributed by atoms with Crippen LogP contribution >= 0.6 is 0 Å². The summed E-state index contributed by atoms with van der Waals surface area (Å²) in [6.07, 6.45) is -0.0458. The largest absolute Gasteiger partial charge is 0.462 e. The maximum Gasteiger partial charge on any atom is 0.338 e. The maximum absolute atomic E-state index is 12.7. The molecule has 0 saturated heterocycles. The normalized spacial score (nSPS) is 15.0. The fourth-order valence-electron chi connectivity index (χ4n) is 3.48. The Kier molecular flexibility index (Phi) is 5.34. The molecule has 0 spiro atoms. The van der Waals surface area contributed by atoms with Crippen LogP contribution in [0.3, 0.4) is 0 Å². The van der Waals surface area contributed by atoms with Crippen LogP contribution in [0.2, 0.25) is 0 Å². The van der Waals surface area contributed by atoms with E-state index in [1.807, 2.05) is 36.4 Å². The molecule has 3 aromatic carbocycles. The van der Waals surface area contributed by atoms with Crippen molar-refractivity contribution < 1.29 is 19.1 Å². The third-order valence-electron chi connectivity index (χ3n) is 4.88. The summed E-state index contributed by atoms with van der Waals surface area (Å²) in [7, 11) is 0. The molecule has 4 rings (SSSR count). The van der Waals surface area contributed by atoms with Gasteiger partial charge in [0.25, 0.3) is 0 Å². The van der Waals surface area contributed by atoms with Gasteiger partial charge in [0.2, 0.25) is 11.8 Å². The first-order valence-corrected chi connectivity index (χ1v) is 9.71. The van der Waals surface area contributed by atoms with Gasteiger partial charge in [-0.2, -0.15) is 0 Å². The van der Waals surface area contributed by atoms with Gasteiger partial charge in [0.1, 0.15) is 6.04 Å². The lowest BCUT2D eigenvalue weighted by atomic mass is 10.1. The molecule has 0 radical (unpaired) electrons. The van der Waals surface area contributed by atoms with Crippen LogP contribution in [0.4, 0.5) is 17.1 Å². The smallest absolute Gasteiger partial charge is 0.338 e. The van der Waals surface area contributed by atoms with E-state index in [4.69, 9.17) is 4.74 Å². The average Bonchev–Trinajstić information content (AvgIpc) is 2.86. The van der Waals surface area contributed by atoms with E-state index >= 15 is 0 Å². The van der Waals surface area contributed by atoms with Crippen LogP contribution in [0.1, 0.15) is 23.7 Å². The van der Waals surface area contributed by atoms with E-state index in [0.29, 0.717) is 17.9 Å². The molecule has 2 amide bonds. The number of ether oxygens (including phenoxy) is 1. The molecule has 0 aliphatic carbocycles. The van der Waals surface area contributed by atoms with Crippen molar-refractivity contribution in [2.45, 2.75) is 19.4 Å². The van der Waals surface area contributed by atoms with Crippen molar-refractivity contribution in [3.8, 4) is 0 Å². The molecule has 3 aromatic rings. The second kappa shape index (κ2) is 8.24. The minimum Gasteiger partial charge on any atom is -0.462 e. The zero-order chi connectivity index (χ0) is 21.1. The molecule has 7 heteroatoms. The fraction of sp³-hybridized carbons (Fsp3) is 0.174. The summed E-state index contributed by atoms with van der Waals surface area (Å²) in [6.45, 7) is 2.04. The van der Waals surface area contributed by atoms with E-state index < -0.39 is 12.0 Å². The lowest BCUT2D eigenvalue weighted by Crippen LogP contribution is -2.36. The van der Waals surface area contributed by atoms with Gasteiger partial charge in [0, 0.05) is 16.8 Å². The van der Waals surface area contributed by atoms with Gasteiger partial charge in [-0.3, -0.25) is 9.59 Å². The number of hydrogen-bond acceptors (Lipinski definition) is 5. The molecule has 0 saturated carbocycles. The van der Waals surface area contributed by atoms with E-state index in [9.17, 15) is 14.4 Å². The van der Waals surface area contributed by atoms with Crippen LogP contribution in [0.25, 0.3) is 10.8 Å². The van der Waals surface area contributed by atoms with Crippen LogP contribution in [0.5, 0.6) is 0 Å². The highest BCUT2D eigenvalue weighted by Gasteiger charge is 2.26. The highest BCUT2D eigenvalue weighted by molar-refractivity contribution is 6.13. The van der Waals surface area contributed by atoms with Gasteiger partial charge < -0.3 is 20.7 Å². The lowest BCUT2D eigenvalue weighted by Gasteiger charge is -2.16. The summed E-state index contributed by atoms with van der Waals surface area (Å²) >= 11 is 0. The van der Waals surface area contributed by atoms with E-state index in [-0.39, 0.29) is 18.2 Å². The van der Waals surface area contributed by atoms with E-state index in [1.54, 1.807) is 31.2 Å². The average molecular weight is 403 g/mol. The maximum atomic E-state index is 12.7. The van der Waals surface area contributed by atoms with Crippen molar-refractivity contribution in [3.63, 3.8) is 0 Å². The molecule has 0 unspecified atom stereocenters. The van der Waals surface area contributed by atoms with Crippen molar-refractivity contribution in [2.24, 2.45) is 0 Å².